The monoisotopic (exact) mass is 470 g/mol. The molecular formula is C28H42N2O4. The number of nitrogens with zero attached hydrogens (tertiary/aromatic N) is 1. The SMILES string of the molecule is COCCC(=O)N[C@H]1CC[C@]2(C)CC[C@H]([C@H](C)C(=O)N3CCc4ccccc4C3)[C@H](O)[C@H]2[C@@H]1C. The number of carbonyl (C=O) groups excluding carboxylic acids is 2. The van der Waals surface area contributed by atoms with Crippen LogP contribution < -0.4 is 5.32 Å². The number of amides is 2. The van der Waals surface area contributed by atoms with Crippen LogP contribution in [0, 0.1) is 29.1 Å². The molecule has 1 aromatic rings. The zero-order valence-electron chi connectivity index (χ0n) is 21.3. The van der Waals surface area contributed by atoms with Gasteiger partial charge in [-0.2, -0.15) is 0 Å². The van der Waals surface area contributed by atoms with Gasteiger partial charge in [-0.25, -0.2) is 0 Å². The van der Waals surface area contributed by atoms with Gasteiger partial charge in [0.1, 0.15) is 0 Å². The molecule has 4 rings (SSSR count). The molecule has 7 atom stereocenters. The largest absolute Gasteiger partial charge is 0.392 e. The van der Waals surface area contributed by atoms with Gasteiger partial charge in [0, 0.05) is 38.6 Å². The summed E-state index contributed by atoms with van der Waals surface area (Å²) in [4.78, 5) is 27.9. The van der Waals surface area contributed by atoms with Gasteiger partial charge < -0.3 is 20.1 Å². The number of nitrogens with one attached hydrogen (secondary N) is 1. The first kappa shape index (κ1) is 25.2. The van der Waals surface area contributed by atoms with E-state index in [1.807, 2.05) is 17.9 Å². The van der Waals surface area contributed by atoms with Crippen LogP contribution >= 0.6 is 0 Å². The average molecular weight is 471 g/mol. The Labute approximate surface area is 204 Å². The Morgan fingerprint density at radius 3 is 2.68 bits per heavy atom. The van der Waals surface area contributed by atoms with Gasteiger partial charge in [0.2, 0.25) is 11.8 Å². The third-order valence-electron chi connectivity index (χ3n) is 9.24. The minimum Gasteiger partial charge on any atom is -0.392 e. The molecule has 6 nitrogen and oxygen atoms in total. The highest BCUT2D eigenvalue weighted by molar-refractivity contribution is 5.79. The van der Waals surface area contributed by atoms with E-state index in [4.69, 9.17) is 4.74 Å². The molecule has 0 bridgehead atoms. The molecule has 2 saturated carbocycles. The summed E-state index contributed by atoms with van der Waals surface area (Å²) in [6.45, 7) is 8.30. The first-order chi connectivity index (χ1) is 16.2. The van der Waals surface area contributed by atoms with E-state index in [0.717, 1.165) is 38.6 Å². The van der Waals surface area contributed by atoms with Crippen molar-refractivity contribution >= 4 is 11.8 Å². The molecule has 2 amide bonds. The third kappa shape index (κ3) is 4.90. The van der Waals surface area contributed by atoms with Crippen LogP contribution in [-0.4, -0.2) is 54.2 Å². The zero-order valence-corrected chi connectivity index (χ0v) is 21.3. The summed E-state index contributed by atoms with van der Waals surface area (Å²) in [6.07, 6.45) is 4.54. The van der Waals surface area contributed by atoms with Crippen molar-refractivity contribution in [3.05, 3.63) is 35.4 Å². The van der Waals surface area contributed by atoms with Crippen LogP contribution in [0.15, 0.2) is 24.3 Å². The van der Waals surface area contributed by atoms with Crippen LogP contribution in [-0.2, 0) is 27.3 Å². The molecule has 2 N–H and O–H groups in total. The molecule has 0 spiro atoms. The number of aliphatic hydroxyl groups is 1. The van der Waals surface area contributed by atoms with Crippen molar-refractivity contribution in [3.63, 3.8) is 0 Å². The van der Waals surface area contributed by atoms with Crippen molar-refractivity contribution in [3.8, 4) is 0 Å². The van der Waals surface area contributed by atoms with Gasteiger partial charge in [-0.05, 0) is 66.4 Å². The highest BCUT2D eigenvalue weighted by Crippen LogP contribution is 2.55. The predicted molar refractivity (Wildman–Crippen MR) is 132 cm³/mol. The second-order valence-corrected chi connectivity index (χ2v) is 11.3. The number of hydrogen-bond acceptors (Lipinski definition) is 4. The molecule has 0 unspecified atom stereocenters. The van der Waals surface area contributed by atoms with Gasteiger partial charge in [-0.15, -0.1) is 0 Å². The summed E-state index contributed by atoms with van der Waals surface area (Å²) in [5, 5.41) is 14.9. The maximum Gasteiger partial charge on any atom is 0.226 e. The summed E-state index contributed by atoms with van der Waals surface area (Å²) in [6, 6.07) is 8.43. The molecule has 0 saturated heterocycles. The van der Waals surface area contributed by atoms with E-state index in [9.17, 15) is 14.7 Å². The fourth-order valence-electron chi connectivity index (χ4n) is 7.13. The number of aliphatic hydroxyl groups excluding tert-OH is 1. The summed E-state index contributed by atoms with van der Waals surface area (Å²) >= 11 is 0. The number of methoxy groups -OCH3 is 1. The van der Waals surface area contributed by atoms with Crippen LogP contribution in [0.4, 0.5) is 0 Å². The van der Waals surface area contributed by atoms with E-state index in [2.05, 4.69) is 37.4 Å². The number of rotatable bonds is 6. The molecule has 188 valence electrons. The van der Waals surface area contributed by atoms with E-state index < -0.39 is 6.10 Å². The van der Waals surface area contributed by atoms with Crippen LogP contribution in [0.25, 0.3) is 0 Å². The lowest BCUT2D eigenvalue weighted by Gasteiger charge is -2.56. The molecular weight excluding hydrogens is 428 g/mol. The molecule has 1 aliphatic heterocycles. The second-order valence-electron chi connectivity index (χ2n) is 11.3. The fourth-order valence-corrected chi connectivity index (χ4v) is 7.13. The van der Waals surface area contributed by atoms with Crippen LogP contribution in [0.3, 0.4) is 0 Å². The minimum atomic E-state index is -0.538. The number of ether oxygens (including phenoxy) is 1. The topological polar surface area (TPSA) is 78.9 Å². The van der Waals surface area contributed by atoms with Crippen molar-refractivity contribution in [2.75, 3.05) is 20.3 Å². The lowest BCUT2D eigenvalue weighted by molar-refractivity contribution is -0.151. The lowest BCUT2D eigenvalue weighted by Crippen LogP contribution is -2.58. The van der Waals surface area contributed by atoms with Crippen molar-refractivity contribution in [1.82, 2.24) is 10.2 Å². The molecule has 6 heteroatoms. The molecule has 0 radical (unpaired) electrons. The van der Waals surface area contributed by atoms with Gasteiger partial charge in [0.15, 0.2) is 0 Å². The molecule has 3 aliphatic rings. The van der Waals surface area contributed by atoms with Crippen LogP contribution in [0.1, 0.15) is 64.0 Å². The number of fused-ring (bicyclic) bond motifs is 2. The Bertz CT molecular complexity index is 889. The molecule has 1 heterocycles. The van der Waals surface area contributed by atoms with E-state index in [-0.39, 0.29) is 46.9 Å². The Morgan fingerprint density at radius 2 is 1.94 bits per heavy atom. The molecule has 1 aromatic carbocycles. The fraction of sp³-hybridized carbons (Fsp3) is 0.714. The molecule has 2 aliphatic carbocycles. The molecule has 2 fully saturated rings. The zero-order chi connectivity index (χ0) is 24.5. The molecule has 34 heavy (non-hydrogen) atoms. The van der Waals surface area contributed by atoms with Crippen molar-refractivity contribution in [2.24, 2.45) is 29.1 Å². The minimum absolute atomic E-state index is 0.0121. The van der Waals surface area contributed by atoms with E-state index in [0.29, 0.717) is 19.6 Å². The highest BCUT2D eigenvalue weighted by atomic mass is 16.5. The van der Waals surface area contributed by atoms with Crippen molar-refractivity contribution in [1.29, 1.82) is 0 Å². The maximum absolute atomic E-state index is 13.5. The third-order valence-corrected chi connectivity index (χ3v) is 9.24. The first-order valence-electron chi connectivity index (χ1n) is 13.1. The summed E-state index contributed by atoms with van der Waals surface area (Å²) in [5.41, 5.74) is 2.62. The van der Waals surface area contributed by atoms with Gasteiger partial charge in [-0.3, -0.25) is 9.59 Å². The van der Waals surface area contributed by atoms with E-state index in [1.54, 1.807) is 7.11 Å². The standard InChI is InChI=1S/C28H42N2O4/c1-18(27(33)30-15-11-20-7-5-6-8-21(20)17-30)22-9-13-28(3)14-10-23(19(2)25(28)26(22)32)29-24(31)12-16-34-4/h5-8,18-19,22-23,25-26,32H,9-17H2,1-4H3,(H,29,31)/t18-,19+,22+,23-,25+,26-,28-/m0/s1. The Hall–Kier alpha value is -1.92. The predicted octanol–water partition coefficient (Wildman–Crippen LogP) is 3.55. The summed E-state index contributed by atoms with van der Waals surface area (Å²) in [7, 11) is 1.60. The van der Waals surface area contributed by atoms with Crippen LogP contribution in [0.5, 0.6) is 0 Å². The Morgan fingerprint density at radius 1 is 1.24 bits per heavy atom. The Balaban J connectivity index is 1.44. The van der Waals surface area contributed by atoms with Gasteiger partial charge in [0.05, 0.1) is 12.7 Å². The normalized spacial score (nSPS) is 34.0. The first-order valence-corrected chi connectivity index (χ1v) is 13.1. The van der Waals surface area contributed by atoms with Gasteiger partial charge in [-0.1, -0.05) is 45.0 Å². The highest BCUT2D eigenvalue weighted by Gasteiger charge is 2.54. The van der Waals surface area contributed by atoms with Gasteiger partial charge >= 0.3 is 0 Å². The average Bonchev–Trinajstić information content (AvgIpc) is 2.83. The number of carbonyl (C=O) groups is 2. The summed E-state index contributed by atoms with van der Waals surface area (Å²) in [5.74, 6) is 0.146. The second kappa shape index (κ2) is 10.4. The molecule has 0 aromatic heterocycles. The maximum atomic E-state index is 13.5. The van der Waals surface area contributed by atoms with E-state index >= 15 is 0 Å². The van der Waals surface area contributed by atoms with Gasteiger partial charge in [0.25, 0.3) is 0 Å². The quantitative estimate of drug-likeness (QED) is 0.666. The van der Waals surface area contributed by atoms with E-state index in [1.165, 1.54) is 11.1 Å². The van der Waals surface area contributed by atoms with Crippen molar-refractivity contribution < 1.29 is 19.4 Å². The smallest absolute Gasteiger partial charge is 0.226 e. The lowest BCUT2D eigenvalue weighted by atomic mass is 9.51. The number of hydrogen-bond donors (Lipinski definition) is 2. The van der Waals surface area contributed by atoms with Crippen LogP contribution in [0.2, 0.25) is 0 Å². The summed E-state index contributed by atoms with van der Waals surface area (Å²) < 4.78 is 5.04. The number of benzene rings is 1. The Kier molecular flexibility index (Phi) is 7.68. The van der Waals surface area contributed by atoms with Crippen molar-refractivity contribution in [2.45, 2.75) is 78.0 Å².